The molecule has 0 atom stereocenters. The Morgan fingerprint density at radius 1 is 1.50 bits per heavy atom. The zero-order valence-corrected chi connectivity index (χ0v) is 9.47. The van der Waals surface area contributed by atoms with Gasteiger partial charge in [0.1, 0.15) is 5.69 Å². The molecule has 0 radical (unpaired) electrons. The van der Waals surface area contributed by atoms with Crippen LogP contribution < -0.4 is 5.32 Å². The first kappa shape index (κ1) is 10.8. The topological polar surface area (TPSA) is 68.8 Å². The predicted molar refractivity (Wildman–Crippen MR) is 58.7 cm³/mol. The van der Waals surface area contributed by atoms with Gasteiger partial charge in [0.2, 0.25) is 11.7 Å². The van der Waals surface area contributed by atoms with E-state index in [9.17, 15) is 0 Å². The first-order valence-corrected chi connectivity index (χ1v) is 5.31. The Balaban J connectivity index is 2.05. The lowest BCUT2D eigenvalue weighted by atomic mass is 10.4. The molecule has 6 nitrogen and oxygen atoms in total. The van der Waals surface area contributed by atoms with Crippen LogP contribution in [0.15, 0.2) is 17.0 Å². The second-order valence-electron chi connectivity index (χ2n) is 3.51. The van der Waals surface area contributed by atoms with Gasteiger partial charge >= 0.3 is 0 Å². The van der Waals surface area contributed by atoms with E-state index in [1.54, 1.807) is 12.5 Å². The molecule has 0 bridgehead atoms. The molecule has 0 aliphatic heterocycles. The molecule has 0 spiro atoms. The zero-order valence-electron chi connectivity index (χ0n) is 9.47. The Morgan fingerprint density at radius 3 is 3.06 bits per heavy atom. The monoisotopic (exact) mass is 221 g/mol. The zero-order chi connectivity index (χ0) is 11.4. The van der Waals surface area contributed by atoms with Gasteiger partial charge in [0.25, 0.3) is 0 Å². The molecule has 0 saturated heterocycles. The van der Waals surface area contributed by atoms with E-state index in [1.165, 1.54) is 0 Å². The third-order valence-corrected chi connectivity index (χ3v) is 2.28. The molecule has 2 heterocycles. The van der Waals surface area contributed by atoms with Gasteiger partial charge in [0.05, 0.1) is 12.5 Å². The van der Waals surface area contributed by atoms with Crippen LogP contribution in [0.25, 0.3) is 11.5 Å². The van der Waals surface area contributed by atoms with Gasteiger partial charge in [-0.2, -0.15) is 4.98 Å². The SMILES string of the molecule is CCNCCc1nc(-c2cncn2C)no1. The lowest BCUT2D eigenvalue weighted by Gasteiger charge is -1.95. The van der Waals surface area contributed by atoms with Crippen molar-refractivity contribution in [3.8, 4) is 11.5 Å². The highest BCUT2D eigenvalue weighted by molar-refractivity contribution is 5.46. The van der Waals surface area contributed by atoms with Crippen molar-refractivity contribution in [1.29, 1.82) is 0 Å². The average Bonchev–Trinajstić information content (AvgIpc) is 2.87. The number of nitrogens with one attached hydrogen (secondary N) is 1. The number of nitrogens with zero attached hydrogens (tertiary/aromatic N) is 4. The Bertz CT molecular complexity index is 448. The highest BCUT2D eigenvalue weighted by Crippen LogP contribution is 2.13. The summed E-state index contributed by atoms with van der Waals surface area (Å²) in [5, 5.41) is 7.13. The summed E-state index contributed by atoms with van der Waals surface area (Å²) >= 11 is 0. The summed E-state index contributed by atoms with van der Waals surface area (Å²) in [6.45, 7) is 3.86. The predicted octanol–water partition coefficient (Wildman–Crippen LogP) is 0.622. The number of imidazole rings is 1. The summed E-state index contributed by atoms with van der Waals surface area (Å²) in [4.78, 5) is 8.32. The van der Waals surface area contributed by atoms with Crippen molar-refractivity contribution in [2.45, 2.75) is 13.3 Å². The summed E-state index contributed by atoms with van der Waals surface area (Å²) in [6.07, 6.45) is 4.18. The molecule has 2 aromatic rings. The van der Waals surface area contributed by atoms with E-state index >= 15 is 0 Å². The minimum Gasteiger partial charge on any atom is -0.339 e. The van der Waals surface area contributed by atoms with Crippen LogP contribution in [0.2, 0.25) is 0 Å². The van der Waals surface area contributed by atoms with Crippen molar-refractivity contribution in [1.82, 2.24) is 25.0 Å². The first-order valence-electron chi connectivity index (χ1n) is 5.31. The second kappa shape index (κ2) is 4.89. The van der Waals surface area contributed by atoms with E-state index in [0.717, 1.165) is 25.2 Å². The summed E-state index contributed by atoms with van der Waals surface area (Å²) in [6, 6.07) is 0. The molecule has 0 unspecified atom stereocenters. The smallest absolute Gasteiger partial charge is 0.228 e. The van der Waals surface area contributed by atoms with Gasteiger partial charge in [-0.05, 0) is 6.54 Å². The first-order chi connectivity index (χ1) is 7.81. The van der Waals surface area contributed by atoms with Crippen LogP contribution >= 0.6 is 0 Å². The normalized spacial score (nSPS) is 10.9. The maximum atomic E-state index is 5.15. The number of rotatable bonds is 5. The van der Waals surface area contributed by atoms with Gasteiger partial charge in [-0.15, -0.1) is 0 Å². The molecule has 2 aromatic heterocycles. The van der Waals surface area contributed by atoms with E-state index in [2.05, 4.69) is 27.4 Å². The maximum Gasteiger partial charge on any atom is 0.228 e. The molecule has 0 fully saturated rings. The molecule has 1 N–H and O–H groups in total. The number of hydrogen-bond acceptors (Lipinski definition) is 5. The summed E-state index contributed by atoms with van der Waals surface area (Å²) in [5.74, 6) is 1.24. The molecule has 6 heteroatoms. The molecule has 0 aliphatic carbocycles. The molecular formula is C10H15N5O. The molecule has 2 rings (SSSR count). The van der Waals surface area contributed by atoms with Crippen LogP contribution in [0.4, 0.5) is 0 Å². The lowest BCUT2D eigenvalue weighted by Crippen LogP contribution is -2.16. The second-order valence-corrected chi connectivity index (χ2v) is 3.51. The fraction of sp³-hybridized carbons (Fsp3) is 0.500. The Hall–Kier alpha value is -1.69. The van der Waals surface area contributed by atoms with Gasteiger partial charge < -0.3 is 14.4 Å². The van der Waals surface area contributed by atoms with Gasteiger partial charge in [-0.25, -0.2) is 4.98 Å². The quantitative estimate of drug-likeness (QED) is 0.750. The summed E-state index contributed by atoms with van der Waals surface area (Å²) in [7, 11) is 1.90. The average molecular weight is 221 g/mol. The number of likely N-dealkylation sites (N-methyl/N-ethyl adjacent to an activating group) is 1. The van der Waals surface area contributed by atoms with Crippen molar-refractivity contribution in [2.24, 2.45) is 7.05 Å². The van der Waals surface area contributed by atoms with E-state index in [-0.39, 0.29) is 0 Å². The third kappa shape index (κ3) is 2.27. The highest BCUT2D eigenvalue weighted by atomic mass is 16.5. The summed E-state index contributed by atoms with van der Waals surface area (Å²) in [5.41, 5.74) is 0.860. The molecular weight excluding hydrogens is 206 g/mol. The molecule has 86 valence electrons. The molecule has 0 aliphatic rings. The van der Waals surface area contributed by atoms with Crippen molar-refractivity contribution in [3.05, 3.63) is 18.4 Å². The molecule has 16 heavy (non-hydrogen) atoms. The van der Waals surface area contributed by atoms with Crippen molar-refractivity contribution < 1.29 is 4.52 Å². The molecule has 0 saturated carbocycles. The highest BCUT2D eigenvalue weighted by Gasteiger charge is 2.10. The number of aromatic nitrogens is 4. The van der Waals surface area contributed by atoms with Crippen LogP contribution in [0, 0.1) is 0 Å². The standard InChI is InChI=1S/C10H15N5O/c1-3-11-5-4-9-13-10(14-16-9)8-6-12-7-15(8)2/h6-7,11H,3-5H2,1-2H3. The molecule has 0 aromatic carbocycles. The van der Waals surface area contributed by atoms with Crippen molar-refractivity contribution in [2.75, 3.05) is 13.1 Å². The van der Waals surface area contributed by atoms with Crippen LogP contribution in [-0.2, 0) is 13.5 Å². The minimum atomic E-state index is 0.589. The van der Waals surface area contributed by atoms with Crippen LogP contribution in [0.1, 0.15) is 12.8 Å². The van der Waals surface area contributed by atoms with E-state index in [0.29, 0.717) is 11.7 Å². The Morgan fingerprint density at radius 2 is 2.38 bits per heavy atom. The minimum absolute atomic E-state index is 0.589. The maximum absolute atomic E-state index is 5.15. The molecule has 0 amide bonds. The fourth-order valence-electron chi connectivity index (χ4n) is 1.41. The third-order valence-electron chi connectivity index (χ3n) is 2.28. The van der Waals surface area contributed by atoms with Crippen LogP contribution in [0.3, 0.4) is 0 Å². The lowest BCUT2D eigenvalue weighted by molar-refractivity contribution is 0.376. The number of hydrogen-bond donors (Lipinski definition) is 1. The van der Waals surface area contributed by atoms with E-state index < -0.39 is 0 Å². The number of aryl methyl sites for hydroxylation is 1. The van der Waals surface area contributed by atoms with Gasteiger partial charge in [-0.3, -0.25) is 0 Å². The Kier molecular flexibility index (Phi) is 3.31. The summed E-state index contributed by atoms with van der Waals surface area (Å²) < 4.78 is 7.01. The van der Waals surface area contributed by atoms with Crippen LogP contribution in [-0.4, -0.2) is 32.8 Å². The van der Waals surface area contributed by atoms with Gasteiger partial charge in [-0.1, -0.05) is 12.1 Å². The fourth-order valence-corrected chi connectivity index (χ4v) is 1.41. The Labute approximate surface area is 93.7 Å². The van der Waals surface area contributed by atoms with E-state index in [1.807, 2.05) is 11.6 Å². The van der Waals surface area contributed by atoms with E-state index in [4.69, 9.17) is 4.52 Å². The largest absolute Gasteiger partial charge is 0.339 e. The van der Waals surface area contributed by atoms with Crippen LogP contribution in [0.5, 0.6) is 0 Å². The van der Waals surface area contributed by atoms with Gasteiger partial charge in [0, 0.05) is 20.0 Å². The van der Waals surface area contributed by atoms with Crippen molar-refractivity contribution in [3.63, 3.8) is 0 Å². The van der Waals surface area contributed by atoms with Gasteiger partial charge in [0.15, 0.2) is 0 Å². The van der Waals surface area contributed by atoms with Crippen molar-refractivity contribution >= 4 is 0 Å².